The molecule has 0 saturated heterocycles. The first-order valence-corrected chi connectivity index (χ1v) is 8.82. The van der Waals surface area contributed by atoms with Crippen molar-refractivity contribution in [3.05, 3.63) is 33.8 Å². The maximum Gasteiger partial charge on any atom is 0.240 e. The van der Waals surface area contributed by atoms with Gasteiger partial charge in [-0.05, 0) is 31.4 Å². The molecular formula is C17H23Cl2N3O2. The molecule has 0 heterocycles. The highest BCUT2D eigenvalue weighted by Gasteiger charge is 2.03. The van der Waals surface area contributed by atoms with Gasteiger partial charge in [-0.15, -0.1) is 0 Å². The smallest absolute Gasteiger partial charge is 0.240 e. The van der Waals surface area contributed by atoms with Gasteiger partial charge in [0.25, 0.3) is 0 Å². The van der Waals surface area contributed by atoms with Crippen LogP contribution in [0.4, 0.5) is 0 Å². The number of hydrazone groups is 1. The molecule has 2 N–H and O–H groups in total. The van der Waals surface area contributed by atoms with Gasteiger partial charge in [-0.1, -0.05) is 42.6 Å². The summed E-state index contributed by atoms with van der Waals surface area (Å²) in [5, 5.41) is 7.72. The number of rotatable bonds is 10. The predicted molar refractivity (Wildman–Crippen MR) is 98.6 cm³/mol. The van der Waals surface area contributed by atoms with Gasteiger partial charge < -0.3 is 5.32 Å². The number of hydrogen-bond acceptors (Lipinski definition) is 3. The molecule has 1 rings (SSSR count). The summed E-state index contributed by atoms with van der Waals surface area (Å²) < 4.78 is 0. The van der Waals surface area contributed by atoms with Crippen LogP contribution >= 0.6 is 23.2 Å². The van der Waals surface area contributed by atoms with Crippen molar-refractivity contribution >= 4 is 41.2 Å². The van der Waals surface area contributed by atoms with Gasteiger partial charge in [-0.25, -0.2) is 5.43 Å². The first-order valence-electron chi connectivity index (χ1n) is 8.06. The Morgan fingerprint density at radius 2 is 1.83 bits per heavy atom. The summed E-state index contributed by atoms with van der Waals surface area (Å²) in [5.41, 5.74) is 3.11. The van der Waals surface area contributed by atoms with Gasteiger partial charge in [0.15, 0.2) is 0 Å². The molecule has 24 heavy (non-hydrogen) atoms. The molecule has 0 aliphatic carbocycles. The number of carbonyl (C=O) groups is 2. The highest BCUT2D eigenvalue weighted by atomic mass is 35.5. The fraction of sp³-hybridized carbons (Fsp3) is 0.471. The Hall–Kier alpha value is -1.59. The van der Waals surface area contributed by atoms with Crippen molar-refractivity contribution in [2.45, 2.75) is 45.4 Å². The summed E-state index contributed by atoms with van der Waals surface area (Å²) in [7, 11) is 0. The lowest BCUT2D eigenvalue weighted by atomic mass is 10.2. The molecule has 0 bridgehead atoms. The zero-order chi connectivity index (χ0) is 17.8. The van der Waals surface area contributed by atoms with Crippen LogP contribution in [0.3, 0.4) is 0 Å². The predicted octanol–water partition coefficient (Wildman–Crippen LogP) is 3.92. The minimum absolute atomic E-state index is 0.0410. The zero-order valence-electron chi connectivity index (χ0n) is 13.8. The Morgan fingerprint density at radius 3 is 2.50 bits per heavy atom. The quantitative estimate of drug-likeness (QED) is 0.371. The minimum atomic E-state index is -0.192. The van der Waals surface area contributed by atoms with Crippen LogP contribution in [0.5, 0.6) is 0 Å². The van der Waals surface area contributed by atoms with E-state index in [1.165, 1.54) is 6.21 Å². The SMILES string of the molecule is CCCCNC(=O)CCCCC(=O)NN=Cc1ccc(Cl)cc1Cl. The molecule has 1 aromatic rings. The number of halogens is 2. The molecule has 0 aliphatic heterocycles. The van der Waals surface area contributed by atoms with E-state index < -0.39 is 0 Å². The molecule has 0 radical (unpaired) electrons. The molecule has 7 heteroatoms. The van der Waals surface area contributed by atoms with Crippen LogP contribution in [-0.4, -0.2) is 24.6 Å². The van der Waals surface area contributed by atoms with Gasteiger partial charge in [0.2, 0.25) is 11.8 Å². The number of benzene rings is 1. The molecule has 0 saturated carbocycles. The molecule has 132 valence electrons. The molecule has 2 amide bonds. The molecule has 0 fully saturated rings. The number of nitrogens with zero attached hydrogens (tertiary/aromatic N) is 1. The summed E-state index contributed by atoms with van der Waals surface area (Å²) in [6, 6.07) is 5.03. The van der Waals surface area contributed by atoms with Crippen LogP contribution in [0.1, 0.15) is 51.0 Å². The molecule has 5 nitrogen and oxygen atoms in total. The summed E-state index contributed by atoms with van der Waals surface area (Å²) in [6.07, 6.45) is 5.61. The third-order valence-electron chi connectivity index (χ3n) is 3.27. The van der Waals surface area contributed by atoms with E-state index in [1.807, 2.05) is 0 Å². The highest BCUT2D eigenvalue weighted by molar-refractivity contribution is 6.36. The van der Waals surface area contributed by atoms with E-state index in [0.29, 0.717) is 41.3 Å². The van der Waals surface area contributed by atoms with Gasteiger partial charge in [0, 0.05) is 30.0 Å². The second kappa shape index (κ2) is 11.9. The van der Waals surface area contributed by atoms with E-state index in [1.54, 1.807) is 18.2 Å². The Labute approximate surface area is 152 Å². The van der Waals surface area contributed by atoms with Gasteiger partial charge in [-0.3, -0.25) is 9.59 Å². The zero-order valence-corrected chi connectivity index (χ0v) is 15.3. The van der Waals surface area contributed by atoms with Crippen molar-refractivity contribution in [1.82, 2.24) is 10.7 Å². The average molecular weight is 372 g/mol. The summed E-state index contributed by atoms with van der Waals surface area (Å²) in [5.74, 6) is -0.151. The van der Waals surface area contributed by atoms with Crippen molar-refractivity contribution in [1.29, 1.82) is 0 Å². The first kappa shape index (κ1) is 20.5. The van der Waals surface area contributed by atoms with Crippen molar-refractivity contribution in [2.75, 3.05) is 6.54 Å². The Balaban J connectivity index is 2.18. The molecule has 0 unspecified atom stereocenters. The number of amides is 2. The summed E-state index contributed by atoms with van der Waals surface area (Å²) in [4.78, 5) is 23.1. The minimum Gasteiger partial charge on any atom is -0.356 e. The molecule has 0 aliphatic rings. The maximum atomic E-state index is 11.6. The summed E-state index contributed by atoms with van der Waals surface area (Å²) in [6.45, 7) is 2.80. The second-order valence-corrected chi connectivity index (χ2v) is 6.21. The van der Waals surface area contributed by atoms with Crippen LogP contribution in [0.25, 0.3) is 0 Å². The second-order valence-electron chi connectivity index (χ2n) is 5.37. The lowest BCUT2D eigenvalue weighted by Crippen LogP contribution is -2.24. The van der Waals surface area contributed by atoms with Crippen LogP contribution in [0.2, 0.25) is 10.0 Å². The summed E-state index contributed by atoms with van der Waals surface area (Å²) >= 11 is 11.8. The average Bonchev–Trinajstić information content (AvgIpc) is 2.54. The fourth-order valence-corrected chi connectivity index (χ4v) is 2.36. The van der Waals surface area contributed by atoms with Crippen molar-refractivity contribution < 1.29 is 9.59 Å². The van der Waals surface area contributed by atoms with Crippen molar-refractivity contribution in [3.8, 4) is 0 Å². The van der Waals surface area contributed by atoms with E-state index >= 15 is 0 Å². The number of nitrogens with one attached hydrogen (secondary N) is 2. The Kier molecular flexibility index (Phi) is 10.1. The fourth-order valence-electron chi connectivity index (χ4n) is 1.90. The number of hydrogen-bond donors (Lipinski definition) is 2. The number of carbonyl (C=O) groups excluding carboxylic acids is 2. The molecular weight excluding hydrogens is 349 g/mol. The molecule has 1 aromatic carbocycles. The maximum absolute atomic E-state index is 11.6. The van der Waals surface area contributed by atoms with E-state index in [9.17, 15) is 9.59 Å². The molecule has 0 spiro atoms. The van der Waals surface area contributed by atoms with E-state index in [-0.39, 0.29) is 11.8 Å². The van der Waals surface area contributed by atoms with Gasteiger partial charge >= 0.3 is 0 Å². The van der Waals surface area contributed by atoms with Crippen LogP contribution in [-0.2, 0) is 9.59 Å². The van der Waals surface area contributed by atoms with Crippen LogP contribution < -0.4 is 10.7 Å². The lowest BCUT2D eigenvalue weighted by Gasteiger charge is -2.04. The van der Waals surface area contributed by atoms with Gasteiger partial charge in [0.05, 0.1) is 11.2 Å². The van der Waals surface area contributed by atoms with Crippen molar-refractivity contribution in [3.63, 3.8) is 0 Å². The third-order valence-corrected chi connectivity index (χ3v) is 3.83. The first-order chi connectivity index (χ1) is 11.5. The molecule has 0 atom stereocenters. The van der Waals surface area contributed by atoms with Crippen molar-refractivity contribution in [2.24, 2.45) is 5.10 Å². The number of unbranched alkanes of at least 4 members (excludes halogenated alkanes) is 2. The topological polar surface area (TPSA) is 70.6 Å². The van der Waals surface area contributed by atoms with E-state index in [0.717, 1.165) is 19.4 Å². The van der Waals surface area contributed by atoms with E-state index in [4.69, 9.17) is 23.2 Å². The van der Waals surface area contributed by atoms with E-state index in [2.05, 4.69) is 22.8 Å². The van der Waals surface area contributed by atoms with Gasteiger partial charge in [-0.2, -0.15) is 5.10 Å². The van der Waals surface area contributed by atoms with Gasteiger partial charge in [0.1, 0.15) is 0 Å². The monoisotopic (exact) mass is 371 g/mol. The Bertz CT molecular complexity index is 577. The normalized spacial score (nSPS) is 10.8. The highest BCUT2D eigenvalue weighted by Crippen LogP contribution is 2.19. The van der Waals surface area contributed by atoms with Crippen LogP contribution in [0, 0.1) is 0 Å². The third kappa shape index (κ3) is 8.89. The molecule has 0 aromatic heterocycles. The van der Waals surface area contributed by atoms with Crippen LogP contribution in [0.15, 0.2) is 23.3 Å². The largest absolute Gasteiger partial charge is 0.356 e. The Morgan fingerprint density at radius 1 is 1.12 bits per heavy atom. The standard InChI is InChI=1S/C17H23Cl2N3O2/c1-2-3-10-20-16(23)6-4-5-7-17(24)22-21-12-13-8-9-14(18)11-15(13)19/h8-9,11-12H,2-7,10H2,1H3,(H,20,23)(H,22,24). The lowest BCUT2D eigenvalue weighted by molar-refractivity contribution is -0.123.